The molecular formula is C33H54N6O8S. The Morgan fingerprint density at radius 2 is 1.54 bits per heavy atom. The number of carbonyl (C=O) groups excluding carboxylic acids is 4. The van der Waals surface area contributed by atoms with Crippen molar-refractivity contribution in [2.75, 3.05) is 83.9 Å². The molecule has 1 aromatic rings. The lowest BCUT2D eigenvalue weighted by Crippen LogP contribution is -2.58. The Kier molecular flexibility index (Phi) is 16.7. The second-order valence-corrected chi connectivity index (χ2v) is 13.7. The summed E-state index contributed by atoms with van der Waals surface area (Å²) in [5.41, 5.74) is 0.0361. The van der Waals surface area contributed by atoms with Gasteiger partial charge in [0.25, 0.3) is 0 Å². The van der Waals surface area contributed by atoms with E-state index >= 15 is 0 Å². The van der Waals surface area contributed by atoms with Crippen LogP contribution >= 0.6 is 11.8 Å². The van der Waals surface area contributed by atoms with E-state index in [2.05, 4.69) is 40.4 Å². The fraction of sp³-hybridized carbons (Fsp3) is 0.697. The van der Waals surface area contributed by atoms with Gasteiger partial charge in [0.2, 0.25) is 17.7 Å². The Bertz CT molecular complexity index is 1180. The van der Waals surface area contributed by atoms with E-state index in [1.165, 1.54) is 17.0 Å². The number of carbonyl (C=O) groups is 4. The molecule has 0 bridgehead atoms. The van der Waals surface area contributed by atoms with Gasteiger partial charge in [-0.05, 0) is 70.3 Å². The van der Waals surface area contributed by atoms with Crippen LogP contribution in [0, 0.1) is 0 Å². The molecule has 3 unspecified atom stereocenters. The van der Waals surface area contributed by atoms with Gasteiger partial charge in [0.05, 0.1) is 44.1 Å². The average Bonchev–Trinajstić information content (AvgIpc) is 3.42. The van der Waals surface area contributed by atoms with Crippen molar-refractivity contribution in [1.82, 2.24) is 26.2 Å². The van der Waals surface area contributed by atoms with Crippen LogP contribution < -0.4 is 26.6 Å². The number of phenols is 1. The number of benzene rings is 1. The Labute approximate surface area is 288 Å². The summed E-state index contributed by atoms with van der Waals surface area (Å²) >= 11 is 1.83. The Balaban J connectivity index is 1.05. The maximum Gasteiger partial charge on any atom is 0.315 e. The van der Waals surface area contributed by atoms with Crippen LogP contribution in [0.25, 0.3) is 0 Å². The van der Waals surface area contributed by atoms with Crippen molar-refractivity contribution >= 4 is 41.2 Å². The van der Waals surface area contributed by atoms with E-state index in [-0.39, 0.29) is 52.4 Å². The average molecular weight is 695 g/mol. The van der Waals surface area contributed by atoms with Crippen molar-refractivity contribution in [1.29, 1.82) is 0 Å². The Morgan fingerprint density at radius 1 is 0.896 bits per heavy atom. The van der Waals surface area contributed by atoms with Gasteiger partial charge in [-0.25, -0.2) is 4.79 Å². The summed E-state index contributed by atoms with van der Waals surface area (Å²) in [5, 5.41) is 24.4. The predicted octanol–water partition coefficient (Wildman–Crippen LogP) is 1.83. The number of phenolic OH excluding ortho intramolecular Hbond substituents is 1. The zero-order valence-electron chi connectivity index (χ0n) is 28.6. The van der Waals surface area contributed by atoms with Gasteiger partial charge in [-0.15, -0.1) is 0 Å². The van der Waals surface area contributed by atoms with Gasteiger partial charge in [-0.1, -0.05) is 0 Å². The lowest BCUT2D eigenvalue weighted by molar-refractivity contribution is -0.134. The molecule has 0 aliphatic carbocycles. The van der Waals surface area contributed by atoms with E-state index in [0.29, 0.717) is 84.1 Å². The van der Waals surface area contributed by atoms with Gasteiger partial charge in [0.1, 0.15) is 5.75 Å². The summed E-state index contributed by atoms with van der Waals surface area (Å²) in [4.78, 5) is 50.1. The summed E-state index contributed by atoms with van der Waals surface area (Å²) in [5.74, 6) is 0.644. The van der Waals surface area contributed by atoms with Gasteiger partial charge in [0, 0.05) is 62.9 Å². The SMILES string of the molecule is CN(CC(=O)NCCCOCCOCCOCCCNCCC(=O)Nc1ccc(O)cc1)C(=O)CCCC1SCC2(C)NC(=O)NC12C. The molecule has 0 spiro atoms. The summed E-state index contributed by atoms with van der Waals surface area (Å²) in [6.45, 7) is 8.91. The highest BCUT2D eigenvalue weighted by atomic mass is 32.2. The minimum Gasteiger partial charge on any atom is -0.508 e. The maximum atomic E-state index is 12.6. The molecule has 2 aliphatic heterocycles. The molecule has 5 amide bonds. The highest BCUT2D eigenvalue weighted by molar-refractivity contribution is 8.00. The molecule has 2 saturated heterocycles. The molecule has 3 atom stereocenters. The van der Waals surface area contributed by atoms with E-state index in [1.54, 1.807) is 19.2 Å². The van der Waals surface area contributed by atoms with Crippen LogP contribution in [-0.4, -0.2) is 129 Å². The number of hydrogen-bond donors (Lipinski definition) is 6. The maximum absolute atomic E-state index is 12.6. The Morgan fingerprint density at radius 3 is 2.23 bits per heavy atom. The molecule has 14 nitrogen and oxygen atoms in total. The molecular weight excluding hydrogens is 640 g/mol. The number of urea groups is 1. The van der Waals surface area contributed by atoms with Crippen molar-refractivity contribution in [3.8, 4) is 5.75 Å². The van der Waals surface area contributed by atoms with Gasteiger partial charge >= 0.3 is 6.03 Å². The predicted molar refractivity (Wildman–Crippen MR) is 185 cm³/mol. The van der Waals surface area contributed by atoms with Crippen LogP contribution in [0.15, 0.2) is 24.3 Å². The number of nitrogens with one attached hydrogen (secondary N) is 5. The largest absolute Gasteiger partial charge is 0.508 e. The van der Waals surface area contributed by atoms with Gasteiger partial charge < -0.3 is 50.8 Å². The van der Waals surface area contributed by atoms with E-state index < -0.39 is 0 Å². The van der Waals surface area contributed by atoms with Crippen LogP contribution in [0.1, 0.15) is 52.4 Å². The molecule has 0 aromatic heterocycles. The minimum atomic E-state index is -0.336. The van der Waals surface area contributed by atoms with Crippen LogP contribution in [0.5, 0.6) is 5.75 Å². The molecule has 2 fully saturated rings. The number of anilines is 1. The number of nitrogens with zero attached hydrogens (tertiary/aromatic N) is 1. The quantitative estimate of drug-likeness (QED) is 0.0531. The molecule has 6 N–H and O–H groups in total. The van der Waals surface area contributed by atoms with Crippen LogP contribution in [0.4, 0.5) is 10.5 Å². The number of likely N-dealkylation sites (N-methyl/N-ethyl adjacent to an activating group) is 1. The zero-order chi connectivity index (χ0) is 34.8. The summed E-state index contributed by atoms with van der Waals surface area (Å²) in [6.07, 6.45) is 3.72. The van der Waals surface area contributed by atoms with Crippen molar-refractivity contribution in [3.63, 3.8) is 0 Å². The number of rotatable bonds is 24. The first-order valence-electron chi connectivity index (χ1n) is 16.8. The Hall–Kier alpha value is -3.11. The van der Waals surface area contributed by atoms with Crippen molar-refractivity contribution in [2.24, 2.45) is 0 Å². The minimum absolute atomic E-state index is 0.0157. The molecule has 0 saturated carbocycles. The highest BCUT2D eigenvalue weighted by Crippen LogP contribution is 2.47. The molecule has 48 heavy (non-hydrogen) atoms. The van der Waals surface area contributed by atoms with Crippen molar-refractivity contribution in [3.05, 3.63) is 24.3 Å². The summed E-state index contributed by atoms with van der Waals surface area (Å²) in [7, 11) is 1.64. The molecule has 3 rings (SSSR count). The van der Waals surface area contributed by atoms with E-state index in [4.69, 9.17) is 14.2 Å². The number of amides is 5. The lowest BCUT2D eigenvalue weighted by atomic mass is 9.79. The molecule has 2 heterocycles. The van der Waals surface area contributed by atoms with E-state index in [9.17, 15) is 24.3 Å². The van der Waals surface area contributed by atoms with Crippen LogP contribution in [0.3, 0.4) is 0 Å². The number of hydrogen-bond acceptors (Lipinski definition) is 10. The molecule has 0 radical (unpaired) electrons. The topological polar surface area (TPSA) is 180 Å². The first kappa shape index (κ1) is 39.3. The van der Waals surface area contributed by atoms with Gasteiger partial charge in [-0.3, -0.25) is 14.4 Å². The van der Waals surface area contributed by atoms with E-state index in [1.807, 2.05) is 11.8 Å². The first-order chi connectivity index (χ1) is 23.0. The number of thioether (sulfide) groups is 1. The first-order valence-corrected chi connectivity index (χ1v) is 17.8. The fourth-order valence-corrected chi connectivity index (χ4v) is 7.43. The third-order valence-electron chi connectivity index (χ3n) is 8.64. The number of fused-ring (bicyclic) bond motifs is 1. The van der Waals surface area contributed by atoms with Crippen molar-refractivity contribution in [2.45, 2.75) is 68.7 Å². The van der Waals surface area contributed by atoms with Gasteiger partial charge in [0.15, 0.2) is 0 Å². The second kappa shape index (κ2) is 20.4. The van der Waals surface area contributed by atoms with Crippen LogP contribution in [-0.2, 0) is 28.6 Å². The standard InChI is InChI=1S/C33H54N6O8S/c1-32-24-48-27(33(32,2)38-31(44)37-32)7-4-8-30(43)39(3)23-29(42)35-15-6-18-46-20-22-47-21-19-45-17-5-14-34-16-13-28(41)36-25-9-11-26(40)12-10-25/h9-12,27,34,40H,4-8,13-24H2,1-3H3,(H,35,42)(H,36,41)(H2,37,38,44). The summed E-state index contributed by atoms with van der Waals surface area (Å²) < 4.78 is 16.6. The molecule has 270 valence electrons. The normalized spacial score (nSPS) is 21.3. The zero-order valence-corrected chi connectivity index (χ0v) is 29.4. The van der Waals surface area contributed by atoms with Gasteiger partial charge in [-0.2, -0.15) is 11.8 Å². The lowest BCUT2D eigenvalue weighted by Gasteiger charge is -2.35. The second-order valence-electron chi connectivity index (χ2n) is 12.5. The number of ether oxygens (including phenoxy) is 3. The fourth-order valence-electron chi connectivity index (χ4n) is 5.54. The number of aromatic hydroxyl groups is 1. The smallest absolute Gasteiger partial charge is 0.315 e. The molecule has 2 aliphatic rings. The monoisotopic (exact) mass is 694 g/mol. The molecule has 1 aromatic carbocycles. The van der Waals surface area contributed by atoms with Crippen LogP contribution in [0.2, 0.25) is 0 Å². The third kappa shape index (κ3) is 13.1. The molecule has 15 heteroatoms. The summed E-state index contributed by atoms with van der Waals surface area (Å²) in [6, 6.07) is 6.23. The van der Waals surface area contributed by atoms with Crippen molar-refractivity contribution < 1.29 is 38.5 Å². The van der Waals surface area contributed by atoms with E-state index in [0.717, 1.165) is 25.1 Å². The highest BCUT2D eigenvalue weighted by Gasteiger charge is 2.60. The third-order valence-corrected chi connectivity index (χ3v) is 10.5.